The molecule has 138 valence electrons. The Kier molecular flexibility index (Phi) is 4.43. The summed E-state index contributed by atoms with van der Waals surface area (Å²) in [6.45, 7) is 6.55. The molecule has 1 aromatic carbocycles. The van der Waals surface area contributed by atoms with Crippen LogP contribution in [-0.2, 0) is 6.42 Å². The van der Waals surface area contributed by atoms with Crippen LogP contribution in [0.25, 0.3) is 10.9 Å². The third kappa shape index (κ3) is 3.45. The van der Waals surface area contributed by atoms with E-state index in [9.17, 15) is 4.79 Å². The van der Waals surface area contributed by atoms with Gasteiger partial charge in [-0.25, -0.2) is 19.9 Å². The van der Waals surface area contributed by atoms with Crippen molar-refractivity contribution in [2.24, 2.45) is 5.92 Å². The number of ether oxygens (including phenoxy) is 1. The Morgan fingerprint density at radius 1 is 1.19 bits per heavy atom. The van der Waals surface area contributed by atoms with Crippen molar-refractivity contribution in [2.75, 3.05) is 11.9 Å². The highest BCUT2D eigenvalue weighted by atomic mass is 16.5. The molecule has 3 aromatic rings. The normalized spacial score (nSPS) is 16.3. The summed E-state index contributed by atoms with van der Waals surface area (Å²) in [6, 6.07) is 5.75. The monoisotopic (exact) mass is 363 g/mol. The number of Topliss-reactive ketones (excluding diaryl/α,β-unsaturated/α-hetero) is 1. The Balaban J connectivity index is 1.65. The standard InChI is InChI=1S/C20H21N5O2/c1-4-27-13-5-6-16-14(9-13)12(3)22-20(23-16)25-19-21-10-15-17(24-19)7-11(2)8-18(15)26/h5-6,9-11H,4,7-8H2,1-3H3,(H,21,22,23,24,25). The van der Waals surface area contributed by atoms with Gasteiger partial charge in [0.2, 0.25) is 11.9 Å². The van der Waals surface area contributed by atoms with E-state index in [1.165, 1.54) is 0 Å². The van der Waals surface area contributed by atoms with Crippen LogP contribution in [0.2, 0.25) is 0 Å². The first-order valence-electron chi connectivity index (χ1n) is 9.11. The summed E-state index contributed by atoms with van der Waals surface area (Å²) >= 11 is 0. The van der Waals surface area contributed by atoms with Crippen molar-refractivity contribution in [1.29, 1.82) is 0 Å². The van der Waals surface area contributed by atoms with Crippen LogP contribution in [0.4, 0.5) is 11.9 Å². The lowest BCUT2D eigenvalue weighted by atomic mass is 9.88. The van der Waals surface area contributed by atoms with Gasteiger partial charge in [0.25, 0.3) is 0 Å². The Bertz CT molecular complexity index is 1030. The van der Waals surface area contributed by atoms with Gasteiger partial charge in [0.15, 0.2) is 5.78 Å². The van der Waals surface area contributed by atoms with Crippen LogP contribution in [0.5, 0.6) is 5.75 Å². The maximum Gasteiger partial charge on any atom is 0.230 e. The van der Waals surface area contributed by atoms with E-state index >= 15 is 0 Å². The SMILES string of the molecule is CCOc1ccc2nc(Nc3ncc4c(n3)CC(C)CC4=O)nc(C)c2c1. The fraction of sp³-hybridized carbons (Fsp3) is 0.350. The summed E-state index contributed by atoms with van der Waals surface area (Å²) in [7, 11) is 0. The lowest BCUT2D eigenvalue weighted by Crippen LogP contribution is -2.20. The van der Waals surface area contributed by atoms with E-state index in [-0.39, 0.29) is 5.78 Å². The van der Waals surface area contributed by atoms with E-state index in [1.54, 1.807) is 6.20 Å². The number of anilines is 2. The third-order valence-electron chi connectivity index (χ3n) is 4.64. The molecule has 0 radical (unpaired) electrons. The number of hydrogen-bond acceptors (Lipinski definition) is 7. The average molecular weight is 363 g/mol. The zero-order valence-electron chi connectivity index (χ0n) is 15.6. The van der Waals surface area contributed by atoms with Crippen molar-refractivity contribution in [3.8, 4) is 5.75 Å². The molecule has 2 heterocycles. The molecule has 7 heteroatoms. The van der Waals surface area contributed by atoms with Gasteiger partial charge in [-0.15, -0.1) is 0 Å². The number of carbonyl (C=O) groups excluding carboxylic acids is 1. The molecule has 2 aromatic heterocycles. The van der Waals surface area contributed by atoms with Crippen LogP contribution in [0.15, 0.2) is 24.4 Å². The molecule has 0 amide bonds. The van der Waals surface area contributed by atoms with Crippen LogP contribution >= 0.6 is 0 Å². The fourth-order valence-corrected chi connectivity index (χ4v) is 3.37. The van der Waals surface area contributed by atoms with Crippen molar-refractivity contribution >= 4 is 28.6 Å². The second-order valence-electron chi connectivity index (χ2n) is 6.86. The molecule has 1 aliphatic rings. The number of aromatic nitrogens is 4. The molecule has 4 rings (SSSR count). The molecule has 0 fully saturated rings. The predicted molar refractivity (Wildman–Crippen MR) is 103 cm³/mol. The fourth-order valence-electron chi connectivity index (χ4n) is 3.37. The molecule has 0 saturated carbocycles. The van der Waals surface area contributed by atoms with Gasteiger partial charge in [-0.2, -0.15) is 0 Å². The zero-order chi connectivity index (χ0) is 19.0. The molecule has 0 aliphatic heterocycles. The summed E-state index contributed by atoms with van der Waals surface area (Å²) in [4.78, 5) is 29.9. The first-order chi connectivity index (χ1) is 13.0. The highest BCUT2D eigenvalue weighted by Crippen LogP contribution is 2.26. The first-order valence-corrected chi connectivity index (χ1v) is 9.11. The third-order valence-corrected chi connectivity index (χ3v) is 4.64. The number of fused-ring (bicyclic) bond motifs is 2. The van der Waals surface area contributed by atoms with Crippen molar-refractivity contribution in [2.45, 2.75) is 33.6 Å². The van der Waals surface area contributed by atoms with E-state index in [2.05, 4.69) is 32.2 Å². The molecule has 0 bridgehead atoms. The van der Waals surface area contributed by atoms with Gasteiger partial charge < -0.3 is 4.74 Å². The number of rotatable bonds is 4. The first kappa shape index (κ1) is 17.3. The Morgan fingerprint density at radius 2 is 2.04 bits per heavy atom. The highest BCUT2D eigenvalue weighted by molar-refractivity contribution is 5.98. The molecular formula is C20H21N5O2. The van der Waals surface area contributed by atoms with E-state index in [0.717, 1.165) is 34.5 Å². The number of hydrogen-bond donors (Lipinski definition) is 1. The summed E-state index contributed by atoms with van der Waals surface area (Å²) in [6.07, 6.45) is 2.93. The van der Waals surface area contributed by atoms with Gasteiger partial charge in [0.1, 0.15) is 5.75 Å². The molecule has 1 atom stereocenters. The topological polar surface area (TPSA) is 89.9 Å². The average Bonchev–Trinajstić information content (AvgIpc) is 2.62. The van der Waals surface area contributed by atoms with Crippen LogP contribution in [0.3, 0.4) is 0 Å². The van der Waals surface area contributed by atoms with Crippen LogP contribution in [0, 0.1) is 12.8 Å². The lowest BCUT2D eigenvalue weighted by Gasteiger charge is -2.19. The lowest BCUT2D eigenvalue weighted by molar-refractivity contribution is 0.0951. The second-order valence-corrected chi connectivity index (χ2v) is 6.86. The van der Waals surface area contributed by atoms with Gasteiger partial charge in [0, 0.05) is 18.0 Å². The van der Waals surface area contributed by atoms with Gasteiger partial charge in [-0.3, -0.25) is 10.1 Å². The van der Waals surface area contributed by atoms with Crippen LogP contribution in [0.1, 0.15) is 42.0 Å². The van der Waals surface area contributed by atoms with Crippen molar-refractivity contribution in [3.05, 3.63) is 41.3 Å². The van der Waals surface area contributed by atoms with Gasteiger partial charge in [0.05, 0.1) is 29.1 Å². The largest absolute Gasteiger partial charge is 0.494 e. The maximum absolute atomic E-state index is 12.1. The second kappa shape index (κ2) is 6.90. The molecule has 0 spiro atoms. The van der Waals surface area contributed by atoms with Crippen molar-refractivity contribution < 1.29 is 9.53 Å². The Labute approximate surface area is 157 Å². The highest BCUT2D eigenvalue weighted by Gasteiger charge is 2.24. The minimum absolute atomic E-state index is 0.109. The van der Waals surface area contributed by atoms with E-state index in [0.29, 0.717) is 36.4 Å². The minimum atomic E-state index is 0.109. The Morgan fingerprint density at radius 3 is 2.85 bits per heavy atom. The van der Waals surface area contributed by atoms with Crippen LogP contribution < -0.4 is 10.1 Å². The maximum atomic E-state index is 12.1. The number of aryl methyl sites for hydroxylation is 1. The number of ketones is 1. The van der Waals surface area contributed by atoms with E-state index in [4.69, 9.17) is 4.74 Å². The smallest absolute Gasteiger partial charge is 0.230 e. The molecule has 7 nitrogen and oxygen atoms in total. The number of nitrogens with one attached hydrogen (secondary N) is 1. The number of carbonyl (C=O) groups is 1. The minimum Gasteiger partial charge on any atom is -0.494 e. The summed E-state index contributed by atoms with van der Waals surface area (Å²) in [5, 5.41) is 4.01. The summed E-state index contributed by atoms with van der Waals surface area (Å²) in [5.74, 6) is 2.04. The van der Waals surface area contributed by atoms with E-state index < -0.39 is 0 Å². The van der Waals surface area contributed by atoms with Gasteiger partial charge in [-0.1, -0.05) is 6.92 Å². The van der Waals surface area contributed by atoms with Crippen LogP contribution in [-0.4, -0.2) is 32.3 Å². The van der Waals surface area contributed by atoms with Gasteiger partial charge in [-0.05, 0) is 44.4 Å². The van der Waals surface area contributed by atoms with Gasteiger partial charge >= 0.3 is 0 Å². The number of nitrogens with zero attached hydrogens (tertiary/aromatic N) is 4. The van der Waals surface area contributed by atoms with Crippen molar-refractivity contribution in [3.63, 3.8) is 0 Å². The molecular weight excluding hydrogens is 342 g/mol. The van der Waals surface area contributed by atoms with E-state index in [1.807, 2.05) is 32.0 Å². The van der Waals surface area contributed by atoms with Crippen molar-refractivity contribution in [1.82, 2.24) is 19.9 Å². The predicted octanol–water partition coefficient (Wildman–Crippen LogP) is 3.64. The number of benzene rings is 1. The molecule has 27 heavy (non-hydrogen) atoms. The Hall–Kier alpha value is -3.09. The molecule has 1 unspecified atom stereocenters. The molecule has 1 N–H and O–H groups in total. The molecule has 1 aliphatic carbocycles. The zero-order valence-corrected chi connectivity index (χ0v) is 15.6. The summed E-state index contributed by atoms with van der Waals surface area (Å²) in [5.41, 5.74) is 3.06. The summed E-state index contributed by atoms with van der Waals surface area (Å²) < 4.78 is 5.55. The quantitative estimate of drug-likeness (QED) is 0.757. The molecule has 0 saturated heterocycles.